The van der Waals surface area contributed by atoms with Crippen LogP contribution < -0.4 is 5.32 Å². The number of nitrogens with one attached hydrogen (secondary N) is 1. The summed E-state index contributed by atoms with van der Waals surface area (Å²) in [6.07, 6.45) is 92.6. The Kier molecular flexibility index (Phi) is 46.9. The Morgan fingerprint density at radius 2 is 0.709 bits per heavy atom. The van der Waals surface area contributed by atoms with Crippen molar-refractivity contribution < 1.29 is 23.9 Å². The van der Waals surface area contributed by atoms with Gasteiger partial charge in [0.05, 0.1) is 0 Å². The molecule has 6 heteroatoms. The van der Waals surface area contributed by atoms with Crippen LogP contribution in [0.5, 0.6) is 0 Å². The van der Waals surface area contributed by atoms with E-state index in [0.29, 0.717) is 28.1 Å². The van der Waals surface area contributed by atoms with Gasteiger partial charge in [-0.1, -0.05) is 383 Å². The molecule has 1 N–H and O–H groups in total. The van der Waals surface area contributed by atoms with Gasteiger partial charge in [0.1, 0.15) is 18.2 Å². The Hall–Kier alpha value is -2.11. The van der Waals surface area contributed by atoms with Crippen molar-refractivity contribution in [2.75, 3.05) is 0 Å². The Balaban J connectivity index is 0.791. The number of amides is 1. The summed E-state index contributed by atoms with van der Waals surface area (Å²) in [6.45, 7) is 32.7. The van der Waals surface area contributed by atoms with Crippen LogP contribution in [-0.2, 0) is 23.9 Å². The zero-order valence-corrected chi connectivity index (χ0v) is 80.5. The number of ether oxygens (including phenoxy) is 2. The van der Waals surface area contributed by atoms with Crippen molar-refractivity contribution in [3.8, 4) is 0 Å². The maximum absolute atomic E-state index is 14.8. The number of esters is 2. The standard InChI is InChI=1S/C111H199NO5/c1-14-17-20-23-26-29-32-41-48-61-94(62-49-43-37-35-39-46-59-90-76-80-108(10)92(84-90)66-68-96-100-72-70-98(88(8)57-53-55-86(4)5)110(100,12)82-78-102(96)108)116-106(114)75-74-104(112-105(113)65-52-45-34-31-28-25-22-19-16-3)107(115)117-95(63-50-42-33-30-27-24-21-18-15-2)64-51-44-38-36-40-47-60-91-77-81-109(11)93(85-91)67-69-97-101-73-71-99(89(9)58-54-56-87(6)7)111(101,13)83-79-103(97)109/h66-67,86-91,94-104H,14-65,68-85H2,1-13H3,(H,112,113)/t88-,89-,90?,91?,94?,95?,96?,97?,98-,99-,100?,101?,102?,103?,104+,108+,109+,110-,111-/m1/s1. The van der Waals surface area contributed by atoms with E-state index in [1.807, 2.05) is 11.1 Å². The summed E-state index contributed by atoms with van der Waals surface area (Å²) in [5.41, 5.74) is 5.75. The molecule has 6 saturated carbocycles. The molecule has 678 valence electrons. The third kappa shape index (κ3) is 32.4. The van der Waals surface area contributed by atoms with Crippen molar-refractivity contribution in [2.45, 2.75) is 558 Å². The molecule has 0 aromatic heterocycles. The molecule has 0 heterocycles. The molecule has 6 fully saturated rings. The predicted molar refractivity (Wildman–Crippen MR) is 503 cm³/mol. The zero-order valence-electron chi connectivity index (χ0n) is 80.5. The molecular weight excluding hydrogens is 1430 g/mol. The average Bonchev–Trinajstić information content (AvgIpc) is 1.69. The van der Waals surface area contributed by atoms with Gasteiger partial charge in [0.25, 0.3) is 0 Å². The molecule has 0 spiro atoms. The second-order valence-corrected chi connectivity index (χ2v) is 44.8. The van der Waals surface area contributed by atoms with Gasteiger partial charge >= 0.3 is 11.9 Å². The van der Waals surface area contributed by atoms with Crippen molar-refractivity contribution in [2.24, 2.45) is 105 Å². The van der Waals surface area contributed by atoms with Crippen LogP contribution >= 0.6 is 0 Å². The third-order valence-electron chi connectivity index (χ3n) is 35.2. The number of allylic oxidation sites excluding steroid dienone is 4. The Labute approximate surface area is 728 Å². The van der Waals surface area contributed by atoms with Crippen LogP contribution in [0.1, 0.15) is 539 Å². The maximum Gasteiger partial charge on any atom is 0.328 e. The molecule has 19 atom stereocenters. The van der Waals surface area contributed by atoms with E-state index in [-0.39, 0.29) is 42.9 Å². The lowest BCUT2D eigenvalue weighted by Crippen LogP contribution is -2.50. The molecule has 8 aliphatic rings. The fraction of sp³-hybridized carbons (Fsp3) is 0.937. The van der Waals surface area contributed by atoms with Gasteiger partial charge in [0.15, 0.2) is 0 Å². The number of hydrogen-bond acceptors (Lipinski definition) is 5. The molecule has 0 saturated heterocycles. The van der Waals surface area contributed by atoms with Crippen molar-refractivity contribution >= 4 is 17.8 Å². The topological polar surface area (TPSA) is 81.7 Å². The van der Waals surface area contributed by atoms with E-state index in [0.717, 1.165) is 153 Å². The average molecular weight is 1630 g/mol. The number of fused-ring (bicyclic) bond motifs is 10. The molecule has 0 aromatic carbocycles. The normalized spacial score (nSPS) is 29.3. The third-order valence-corrected chi connectivity index (χ3v) is 35.2. The zero-order chi connectivity index (χ0) is 83.7. The monoisotopic (exact) mass is 1630 g/mol. The van der Waals surface area contributed by atoms with E-state index in [9.17, 15) is 14.4 Å². The van der Waals surface area contributed by atoms with Crippen LogP contribution in [-0.4, -0.2) is 36.1 Å². The van der Waals surface area contributed by atoms with Crippen LogP contribution in [0.15, 0.2) is 23.3 Å². The first-order valence-corrected chi connectivity index (χ1v) is 53.7. The number of rotatable bonds is 65. The number of carbonyl (C=O) groups excluding carboxylic acids is 3. The summed E-state index contributed by atoms with van der Waals surface area (Å²) < 4.78 is 13.2. The van der Waals surface area contributed by atoms with Gasteiger partial charge in [-0.3, -0.25) is 9.59 Å². The summed E-state index contributed by atoms with van der Waals surface area (Å²) in [6, 6.07) is -0.849. The second kappa shape index (κ2) is 54.7. The highest BCUT2D eigenvalue weighted by Gasteiger charge is 2.61. The van der Waals surface area contributed by atoms with Gasteiger partial charge in [-0.2, -0.15) is 0 Å². The fourth-order valence-corrected chi connectivity index (χ4v) is 27.8. The van der Waals surface area contributed by atoms with Crippen LogP contribution in [0.4, 0.5) is 0 Å². The van der Waals surface area contributed by atoms with E-state index in [2.05, 4.69) is 107 Å². The van der Waals surface area contributed by atoms with Gasteiger partial charge in [-0.05, 0) is 271 Å². The molecule has 10 unspecified atom stereocenters. The van der Waals surface area contributed by atoms with Gasteiger partial charge in [-0.15, -0.1) is 0 Å². The van der Waals surface area contributed by atoms with Crippen molar-refractivity contribution in [3.05, 3.63) is 23.3 Å². The lowest BCUT2D eigenvalue weighted by molar-refractivity contribution is -0.155. The number of hydrogen-bond donors (Lipinski definition) is 1. The molecule has 8 aliphatic carbocycles. The SMILES string of the molecule is CCCCCCCCCCCC(=O)N[C@@H](CCC(=O)OC(CCCCCCCCCCC)CCCCCCCCC1CC[C@@]2(C)C(=CCC3C2CC[C@@]2(C)C3CC[C@@H]2[C@H](C)CCCC(C)C)C1)C(=O)OC(CCCCCCCCCCC)CCCCCCCCC1CC[C@@]2(C)C(=CCC3C2CC[C@@]2(C)C3CC[C@@H]2[C@H](C)CCCC(C)C)C1. The quantitative estimate of drug-likeness (QED) is 0.0373. The summed E-state index contributed by atoms with van der Waals surface area (Å²) in [5, 5.41) is 3.19. The molecule has 8 rings (SSSR count). The van der Waals surface area contributed by atoms with E-state index < -0.39 is 6.04 Å². The lowest BCUT2D eigenvalue weighted by Gasteiger charge is -2.58. The molecule has 0 radical (unpaired) electrons. The summed E-state index contributed by atoms with van der Waals surface area (Å²) in [7, 11) is 0. The minimum absolute atomic E-state index is 0.0858. The van der Waals surface area contributed by atoms with Gasteiger partial charge < -0.3 is 14.8 Å². The smallest absolute Gasteiger partial charge is 0.328 e. The van der Waals surface area contributed by atoms with Crippen LogP contribution in [0.25, 0.3) is 0 Å². The summed E-state index contributed by atoms with van der Waals surface area (Å²) >= 11 is 0. The molecular formula is C111H199NO5. The van der Waals surface area contributed by atoms with E-state index >= 15 is 0 Å². The Morgan fingerprint density at radius 3 is 1.09 bits per heavy atom. The van der Waals surface area contributed by atoms with Crippen LogP contribution in [0, 0.1) is 105 Å². The minimum atomic E-state index is -0.849. The van der Waals surface area contributed by atoms with E-state index in [1.165, 1.54) is 360 Å². The molecule has 117 heavy (non-hydrogen) atoms. The highest BCUT2D eigenvalue weighted by Crippen LogP contribution is 2.70. The minimum Gasteiger partial charge on any atom is -0.462 e. The van der Waals surface area contributed by atoms with Crippen LogP contribution in [0.2, 0.25) is 0 Å². The number of unbranched alkanes of at least 4 members (excludes halogenated alkanes) is 34. The highest BCUT2D eigenvalue weighted by atomic mass is 16.5. The van der Waals surface area contributed by atoms with Gasteiger partial charge in [0.2, 0.25) is 5.91 Å². The summed E-state index contributed by atoms with van der Waals surface area (Å²) in [5.74, 6) is 11.9. The fourth-order valence-electron chi connectivity index (χ4n) is 27.8. The van der Waals surface area contributed by atoms with E-state index in [1.54, 1.807) is 0 Å². The van der Waals surface area contributed by atoms with Gasteiger partial charge in [-0.25, -0.2) is 4.79 Å². The molecule has 1 amide bonds. The van der Waals surface area contributed by atoms with Gasteiger partial charge in [0, 0.05) is 12.8 Å². The van der Waals surface area contributed by atoms with E-state index in [4.69, 9.17) is 9.47 Å². The second-order valence-electron chi connectivity index (χ2n) is 44.8. The lowest BCUT2D eigenvalue weighted by atomic mass is 9.46. The predicted octanol–water partition coefficient (Wildman–Crippen LogP) is 34.4. The van der Waals surface area contributed by atoms with Crippen molar-refractivity contribution in [1.82, 2.24) is 5.32 Å². The molecule has 6 nitrogen and oxygen atoms in total. The van der Waals surface area contributed by atoms with Crippen molar-refractivity contribution in [3.63, 3.8) is 0 Å². The Bertz CT molecular complexity index is 2740. The first-order chi connectivity index (χ1) is 56.7. The summed E-state index contributed by atoms with van der Waals surface area (Å²) in [4.78, 5) is 43.0. The molecule has 0 aromatic rings. The molecule has 0 aliphatic heterocycles. The number of carbonyl (C=O) groups is 3. The Morgan fingerprint density at radius 1 is 0.359 bits per heavy atom. The largest absolute Gasteiger partial charge is 0.462 e. The first-order valence-electron chi connectivity index (χ1n) is 53.7. The van der Waals surface area contributed by atoms with Crippen molar-refractivity contribution in [1.29, 1.82) is 0 Å². The molecule has 0 bridgehead atoms. The maximum atomic E-state index is 14.8. The van der Waals surface area contributed by atoms with Crippen LogP contribution in [0.3, 0.4) is 0 Å². The highest BCUT2D eigenvalue weighted by molar-refractivity contribution is 5.85. The first kappa shape index (κ1) is 100.